The van der Waals surface area contributed by atoms with Crippen LogP contribution in [-0.4, -0.2) is 38.2 Å². The fraction of sp³-hybridized carbons (Fsp3) is 0.273. The Balaban J connectivity index is 0.000000151. The van der Waals surface area contributed by atoms with Gasteiger partial charge in [-0.3, -0.25) is 19.9 Å². The first kappa shape index (κ1) is 109. The van der Waals surface area contributed by atoms with E-state index in [0.29, 0.717) is 47.3 Å². The molecule has 4 aliphatic carbocycles. The van der Waals surface area contributed by atoms with Crippen molar-refractivity contribution in [3.8, 4) is 124 Å². The maximum Gasteiger partial charge on any atom is 0.120 e. The fourth-order valence-corrected chi connectivity index (χ4v) is 22.5. The third-order valence-electron chi connectivity index (χ3n) is 29.3. The third-order valence-corrected chi connectivity index (χ3v) is 29.3. The van der Waals surface area contributed by atoms with Gasteiger partial charge in [-0.05, 0) is 262 Å². The van der Waals surface area contributed by atoms with Crippen molar-refractivity contribution < 1.29 is 84.8 Å². The maximum absolute atomic E-state index is 6.04. The second kappa shape index (κ2) is 50.1. The number of furan rings is 1. The molecule has 14 aromatic carbocycles. The molecule has 19 aromatic rings. The number of aromatic nitrogens is 8. The van der Waals surface area contributed by atoms with E-state index in [9.17, 15) is 0 Å². The van der Waals surface area contributed by atoms with Gasteiger partial charge in [0.05, 0.1) is 28.9 Å². The van der Waals surface area contributed by atoms with E-state index >= 15 is 0 Å². The summed E-state index contributed by atoms with van der Waals surface area (Å²) in [5.41, 5.74) is 37.9. The first-order valence-corrected chi connectivity index (χ1v) is 51.1. The first-order valence-electron chi connectivity index (χ1n) is 51.1. The molecule has 0 amide bonds. The second-order valence-electron chi connectivity index (χ2n) is 40.1. The molecule has 0 N–H and O–H groups in total. The van der Waals surface area contributed by atoms with Crippen LogP contribution in [-0.2, 0) is 80.4 Å². The van der Waals surface area contributed by atoms with Gasteiger partial charge in [0, 0.05) is 158 Å². The standard InChI is InChI=1S/C33H29N2O.C33H35N2.C33H31N2.C31H31N2.2CH4.4Ir/c1-21(2)27-19-25(23-10-6-5-7-11-23)20-28(22(3)4)32(27)35-17-16-34-33(35)24-14-15-31-29(18-24)26-12-8-9-13-30(26)36-31;1-23-18-24(2)20-28(19-23)29-21-30(25-10-6-7-11-25)32(31(22-29)26-12-8-9-13-26)35-17-16-34-33(35)27-14-4-3-5-15-27;1-23(2)30-21-29(26-14-9-6-10-15-26)22-31(24(3)4)32(30)35-19-18-34-33(35)28-17-11-16-27(20-28)25-12-7-5-8-13-25;1-3-11-23(12-4-1)27-21-28(24-13-7-8-14-24)30(29(22-27)25-15-9-10-16-25)33-20-19-32-31(33)26-17-5-2-6-18-26;;;;;;/h5-13,15-22H,1-4H3;3-5,14,16-22,25-26H,6-13H2,1-2H3;5-16,18-24H,1-4H3;1-6,11-12,17,19-22,24-25H,7-10,13-16H2;2*1H4;;;;/q4*-1;;;;;;. The van der Waals surface area contributed by atoms with Crippen LogP contribution in [0.3, 0.4) is 0 Å². The Morgan fingerprint density at radius 2 is 0.559 bits per heavy atom. The maximum atomic E-state index is 6.04. The Morgan fingerprint density at radius 1 is 0.262 bits per heavy atom. The molecule has 5 heterocycles. The van der Waals surface area contributed by atoms with Gasteiger partial charge in [0.15, 0.2) is 0 Å². The summed E-state index contributed by atoms with van der Waals surface area (Å²) in [4.78, 5) is 19.3. The molecule has 0 saturated heterocycles. The monoisotopic (exact) mass is 2620 g/mol. The normalized spacial score (nSPS) is 13.6. The molecule has 5 aromatic heterocycles. The van der Waals surface area contributed by atoms with E-state index in [2.05, 4.69) is 367 Å². The average Bonchev–Trinajstić information content (AvgIpc) is 1.70. The summed E-state index contributed by atoms with van der Waals surface area (Å²) in [6.07, 6.45) is 37.2. The van der Waals surface area contributed by atoms with E-state index in [1.54, 1.807) is 0 Å². The van der Waals surface area contributed by atoms with Gasteiger partial charge < -0.3 is 22.7 Å². The van der Waals surface area contributed by atoms with Gasteiger partial charge in [0.2, 0.25) is 0 Å². The van der Waals surface area contributed by atoms with Crippen LogP contribution in [0.2, 0.25) is 0 Å². The van der Waals surface area contributed by atoms with Gasteiger partial charge in [-0.15, -0.1) is 131 Å². The fourth-order valence-electron chi connectivity index (χ4n) is 22.5. The Bertz CT molecular complexity index is 7280. The zero-order valence-corrected chi connectivity index (χ0v) is 93.2. The van der Waals surface area contributed by atoms with Crippen molar-refractivity contribution in [2.45, 2.75) is 234 Å². The van der Waals surface area contributed by atoms with Crippen molar-refractivity contribution in [2.24, 2.45) is 0 Å². The van der Waals surface area contributed by atoms with Gasteiger partial charge in [-0.25, -0.2) is 0 Å². The van der Waals surface area contributed by atoms with Crippen molar-refractivity contribution in [3.05, 3.63) is 421 Å². The van der Waals surface area contributed by atoms with Gasteiger partial charge >= 0.3 is 0 Å². The molecular weight excluding hydrogens is 2480 g/mol. The molecule has 0 spiro atoms. The molecule has 4 radical (unpaired) electrons. The largest absolute Gasteiger partial charge is 0.500 e. The molecule has 13 heteroatoms. The molecule has 145 heavy (non-hydrogen) atoms. The quantitative estimate of drug-likeness (QED) is 0.0669. The molecule has 0 atom stereocenters. The van der Waals surface area contributed by atoms with E-state index in [0.717, 1.165) is 67.5 Å². The Kier molecular flexibility index (Phi) is 37.7. The number of hydrogen-bond acceptors (Lipinski definition) is 5. The van der Waals surface area contributed by atoms with Crippen LogP contribution in [0.4, 0.5) is 0 Å². The van der Waals surface area contributed by atoms with Crippen LogP contribution in [0.1, 0.15) is 276 Å². The SMILES string of the molecule is C.C.CC(C)c1cc(-c2ccccc2)cc(C(C)C)c1-n1ccnc1-c1[c-]cc2oc3ccccc3c2c1.CC(C)c1cc(-c2ccccc2)cc(C(C)C)c1-n1ccnc1-c1[c-]ccc(-c2ccccc2)c1.Cc1cc(C)cc(-c2cc(C3CCCC3)c(-n3ccnc3-c3[c-]cccc3)c(C3CCCC3)c2)c1.[Ir].[Ir].[Ir].[Ir].[c-]1ccccc1-c1nccn1-c1c(C2CCCC2)cc(-c2ccccc2)cc1C1CCCC1. The van der Waals surface area contributed by atoms with Crippen LogP contribution < -0.4 is 0 Å². The van der Waals surface area contributed by atoms with Crippen molar-refractivity contribution in [3.63, 3.8) is 0 Å². The van der Waals surface area contributed by atoms with Gasteiger partial charge in [-0.2, -0.15) is 0 Å². The summed E-state index contributed by atoms with van der Waals surface area (Å²) in [5, 5.41) is 2.19. The van der Waals surface area contributed by atoms with E-state index in [4.69, 9.17) is 24.4 Å². The Morgan fingerprint density at radius 3 is 0.910 bits per heavy atom. The predicted octanol–water partition coefficient (Wildman–Crippen LogP) is 36.6. The van der Waals surface area contributed by atoms with Crippen molar-refractivity contribution in [1.29, 1.82) is 0 Å². The Labute approximate surface area is 915 Å². The van der Waals surface area contributed by atoms with E-state index < -0.39 is 0 Å². The molecule has 9 nitrogen and oxygen atoms in total. The molecule has 0 aliphatic heterocycles. The zero-order chi connectivity index (χ0) is 95.0. The minimum absolute atomic E-state index is 0. The molecule has 748 valence electrons. The summed E-state index contributed by atoms with van der Waals surface area (Å²) >= 11 is 0. The summed E-state index contributed by atoms with van der Waals surface area (Å²) < 4.78 is 15.3. The number of aryl methyl sites for hydroxylation is 2. The minimum atomic E-state index is 0. The molecule has 0 bridgehead atoms. The van der Waals surface area contributed by atoms with Crippen LogP contribution in [0.5, 0.6) is 0 Å². The number of hydrogen-bond donors (Lipinski definition) is 0. The average molecular weight is 2620 g/mol. The predicted molar refractivity (Wildman–Crippen MR) is 590 cm³/mol. The number of rotatable bonds is 21. The van der Waals surface area contributed by atoms with Crippen molar-refractivity contribution in [1.82, 2.24) is 38.2 Å². The number of para-hydroxylation sites is 1. The number of fused-ring (bicyclic) bond motifs is 3. The van der Waals surface area contributed by atoms with Crippen LogP contribution in [0, 0.1) is 38.1 Å². The number of imidazole rings is 4. The molecule has 4 aliphatic rings. The van der Waals surface area contributed by atoms with E-state index in [-0.39, 0.29) is 95.3 Å². The number of nitrogens with zero attached hydrogens (tertiary/aromatic N) is 8. The zero-order valence-electron chi connectivity index (χ0n) is 83.6. The summed E-state index contributed by atoms with van der Waals surface area (Å²) in [7, 11) is 0. The van der Waals surface area contributed by atoms with Crippen molar-refractivity contribution in [2.75, 3.05) is 0 Å². The van der Waals surface area contributed by atoms with Gasteiger partial charge in [-0.1, -0.05) is 296 Å². The Hall–Kier alpha value is -11.7. The molecule has 23 rings (SSSR count). The van der Waals surface area contributed by atoms with E-state index in [1.807, 2.05) is 85.5 Å². The third kappa shape index (κ3) is 23.9. The topological polar surface area (TPSA) is 84.4 Å². The molecule has 0 unspecified atom stereocenters. The molecule has 4 saturated carbocycles. The smallest absolute Gasteiger partial charge is 0.120 e. The van der Waals surface area contributed by atoms with Gasteiger partial charge in [0.25, 0.3) is 0 Å². The summed E-state index contributed by atoms with van der Waals surface area (Å²) in [6.45, 7) is 22.6. The van der Waals surface area contributed by atoms with Crippen LogP contribution in [0.25, 0.3) is 146 Å². The van der Waals surface area contributed by atoms with Gasteiger partial charge in [0.1, 0.15) is 5.58 Å². The van der Waals surface area contributed by atoms with Crippen LogP contribution >= 0.6 is 0 Å². The minimum Gasteiger partial charge on any atom is -0.500 e. The molecule has 4 fully saturated rings. The van der Waals surface area contributed by atoms with Crippen LogP contribution in [0.15, 0.2) is 345 Å². The summed E-state index contributed by atoms with van der Waals surface area (Å²) in [5.74, 6) is 7.71. The molecular formula is C132H134Ir4N8O-4. The summed E-state index contributed by atoms with van der Waals surface area (Å²) in [6, 6.07) is 118. The number of benzene rings is 14. The first-order chi connectivity index (χ1) is 68.1. The second-order valence-corrected chi connectivity index (χ2v) is 40.1. The van der Waals surface area contributed by atoms with E-state index in [1.165, 1.54) is 237 Å². The van der Waals surface area contributed by atoms with Crippen molar-refractivity contribution >= 4 is 21.9 Å².